The molecular weight excluding hydrogens is 440 g/mol. The number of cyclic esters (lactones) is 1. The van der Waals surface area contributed by atoms with Crippen LogP contribution in [0.25, 0.3) is 0 Å². The highest BCUT2D eigenvalue weighted by molar-refractivity contribution is 5.82. The molecule has 5 unspecified atom stereocenters. The molecule has 2 N–H and O–H groups in total. The molecule has 35 heavy (non-hydrogen) atoms. The number of hydrogen-bond acceptors (Lipinski definition) is 6. The first-order valence-corrected chi connectivity index (χ1v) is 12.9. The van der Waals surface area contributed by atoms with Crippen LogP contribution in [0, 0.1) is 11.8 Å². The predicted octanol–water partition coefficient (Wildman–Crippen LogP) is 5.17. The lowest BCUT2D eigenvalue weighted by Gasteiger charge is -2.19. The minimum atomic E-state index is -0.713. The van der Waals surface area contributed by atoms with Gasteiger partial charge >= 0.3 is 5.97 Å². The highest BCUT2D eigenvalue weighted by atomic mass is 16.5. The van der Waals surface area contributed by atoms with Crippen molar-refractivity contribution in [2.24, 2.45) is 11.8 Å². The van der Waals surface area contributed by atoms with Gasteiger partial charge in [0, 0.05) is 11.8 Å². The van der Waals surface area contributed by atoms with Crippen LogP contribution in [0.5, 0.6) is 0 Å². The van der Waals surface area contributed by atoms with Crippen LogP contribution in [0.2, 0.25) is 0 Å². The summed E-state index contributed by atoms with van der Waals surface area (Å²) in [5.41, 5.74) is 3.30. The van der Waals surface area contributed by atoms with E-state index in [9.17, 15) is 9.90 Å². The average Bonchev–Trinajstić information content (AvgIpc) is 3.48. The monoisotopic (exact) mass is 478 g/mol. The van der Waals surface area contributed by atoms with Crippen LogP contribution in [0.15, 0.2) is 54.8 Å². The number of para-hydroxylation sites is 1. The van der Waals surface area contributed by atoms with Gasteiger partial charge in [-0.15, -0.1) is 5.10 Å². The Hall–Kier alpha value is -2.93. The van der Waals surface area contributed by atoms with Crippen LogP contribution in [0.1, 0.15) is 76.1 Å². The van der Waals surface area contributed by atoms with E-state index < -0.39 is 6.10 Å². The van der Waals surface area contributed by atoms with Crippen molar-refractivity contribution >= 4 is 11.7 Å². The Morgan fingerprint density at radius 3 is 2.89 bits per heavy atom. The fourth-order valence-electron chi connectivity index (χ4n) is 5.23. The SMILES string of the molecule is CC1CCC/C=C/C2CC(n3cc(CNc4ccccc4C(C)C)nn3)CC2C(O)C=CC(=O)O1. The number of aliphatic hydroxyl groups excluding tert-OH is 1. The number of anilines is 1. The molecule has 1 aromatic heterocycles. The average molecular weight is 479 g/mol. The second-order valence-corrected chi connectivity index (χ2v) is 10.2. The molecule has 1 aliphatic heterocycles. The number of nitrogens with one attached hydrogen (secondary N) is 1. The first kappa shape index (κ1) is 25.2. The van der Waals surface area contributed by atoms with Gasteiger partial charge in [0.15, 0.2) is 0 Å². The molecule has 0 bridgehead atoms. The van der Waals surface area contributed by atoms with Crippen molar-refractivity contribution in [3.05, 3.63) is 66.0 Å². The van der Waals surface area contributed by atoms with Gasteiger partial charge in [0.25, 0.3) is 0 Å². The maximum Gasteiger partial charge on any atom is 0.330 e. The van der Waals surface area contributed by atoms with E-state index in [1.54, 1.807) is 6.08 Å². The number of allylic oxidation sites excluding steroid dienone is 2. The lowest BCUT2D eigenvalue weighted by atomic mass is 9.90. The Kier molecular flexibility index (Phi) is 8.39. The topological polar surface area (TPSA) is 89.3 Å². The minimum Gasteiger partial charge on any atom is -0.460 e. The van der Waals surface area contributed by atoms with E-state index >= 15 is 0 Å². The van der Waals surface area contributed by atoms with Crippen molar-refractivity contribution in [1.82, 2.24) is 15.0 Å². The Labute approximate surface area is 208 Å². The Bertz CT molecular complexity index is 1040. The molecule has 188 valence electrons. The van der Waals surface area contributed by atoms with E-state index in [1.165, 1.54) is 11.6 Å². The Morgan fingerprint density at radius 1 is 1.23 bits per heavy atom. The van der Waals surface area contributed by atoms with Crippen LogP contribution >= 0.6 is 0 Å². The number of carbonyl (C=O) groups excluding carboxylic acids is 1. The smallest absolute Gasteiger partial charge is 0.330 e. The number of esters is 1. The summed E-state index contributed by atoms with van der Waals surface area (Å²) in [5, 5.41) is 23.2. The van der Waals surface area contributed by atoms with E-state index in [0.29, 0.717) is 12.5 Å². The minimum absolute atomic E-state index is 0.0159. The van der Waals surface area contributed by atoms with E-state index in [-0.39, 0.29) is 30.0 Å². The fraction of sp³-hybridized carbons (Fsp3) is 0.536. The van der Waals surface area contributed by atoms with Crippen molar-refractivity contribution < 1.29 is 14.6 Å². The lowest BCUT2D eigenvalue weighted by Crippen LogP contribution is -2.22. The third kappa shape index (κ3) is 6.60. The zero-order valence-electron chi connectivity index (χ0n) is 21.0. The van der Waals surface area contributed by atoms with Gasteiger partial charge in [0.05, 0.1) is 31.0 Å². The number of hydrogen-bond donors (Lipinski definition) is 2. The van der Waals surface area contributed by atoms with Crippen LogP contribution in [0.3, 0.4) is 0 Å². The molecule has 2 aliphatic rings. The normalized spacial score (nSPS) is 28.5. The van der Waals surface area contributed by atoms with Crippen LogP contribution in [-0.4, -0.2) is 38.3 Å². The summed E-state index contributed by atoms with van der Waals surface area (Å²) in [4.78, 5) is 12.1. The van der Waals surface area contributed by atoms with Gasteiger partial charge in [-0.25, -0.2) is 9.48 Å². The highest BCUT2D eigenvalue weighted by Crippen LogP contribution is 2.42. The number of ether oxygens (including phenoxy) is 1. The highest BCUT2D eigenvalue weighted by Gasteiger charge is 2.37. The number of benzene rings is 1. The number of aromatic nitrogens is 3. The molecule has 5 atom stereocenters. The summed E-state index contributed by atoms with van der Waals surface area (Å²) < 4.78 is 7.35. The standard InChI is InChI=1S/C28H38N4O3/c1-19(2)24-11-7-8-12-26(24)29-17-22-18-32(31-30-22)23-15-21-10-6-4-5-9-20(3)35-28(34)14-13-27(33)25(21)16-23/h6-8,10-14,18-21,23,25,27,29,33H,4-5,9,15-17H2,1-3H3/b10-6+,14-13?. The van der Waals surface area contributed by atoms with Crippen molar-refractivity contribution in [2.45, 2.75) is 83.6 Å². The van der Waals surface area contributed by atoms with E-state index in [0.717, 1.165) is 43.5 Å². The zero-order chi connectivity index (χ0) is 24.8. The van der Waals surface area contributed by atoms with Crippen LogP contribution in [0.4, 0.5) is 5.69 Å². The molecule has 4 rings (SSSR count). The van der Waals surface area contributed by atoms with Gasteiger partial charge in [-0.1, -0.05) is 49.4 Å². The maximum atomic E-state index is 12.1. The third-order valence-electron chi connectivity index (χ3n) is 7.16. The Morgan fingerprint density at radius 2 is 2.06 bits per heavy atom. The Balaban J connectivity index is 1.43. The molecule has 7 nitrogen and oxygen atoms in total. The van der Waals surface area contributed by atoms with Crippen LogP contribution in [-0.2, 0) is 16.1 Å². The molecule has 0 radical (unpaired) electrons. The summed E-state index contributed by atoms with van der Waals surface area (Å²) in [7, 11) is 0. The van der Waals surface area contributed by atoms with Gasteiger partial charge in [-0.05, 0) is 74.5 Å². The van der Waals surface area contributed by atoms with Crippen molar-refractivity contribution in [3.63, 3.8) is 0 Å². The zero-order valence-corrected chi connectivity index (χ0v) is 21.0. The summed E-state index contributed by atoms with van der Waals surface area (Å²) in [6.07, 6.45) is 13.0. The summed E-state index contributed by atoms with van der Waals surface area (Å²) in [6, 6.07) is 8.51. The fourth-order valence-corrected chi connectivity index (χ4v) is 5.23. The first-order chi connectivity index (χ1) is 16.9. The van der Waals surface area contributed by atoms with Crippen molar-refractivity contribution in [3.8, 4) is 0 Å². The molecule has 2 aromatic rings. The van der Waals surface area contributed by atoms with Gasteiger partial charge in [-0.2, -0.15) is 0 Å². The van der Waals surface area contributed by atoms with Crippen molar-refractivity contribution in [1.29, 1.82) is 0 Å². The van der Waals surface area contributed by atoms with Gasteiger partial charge in [-0.3, -0.25) is 0 Å². The van der Waals surface area contributed by atoms with E-state index in [4.69, 9.17) is 4.74 Å². The third-order valence-corrected chi connectivity index (χ3v) is 7.16. The largest absolute Gasteiger partial charge is 0.460 e. The molecular formula is C28H38N4O3. The molecule has 7 heteroatoms. The number of carbonyl (C=O) groups is 1. The summed E-state index contributed by atoms with van der Waals surface area (Å²) >= 11 is 0. The van der Waals surface area contributed by atoms with Gasteiger partial charge in [0.2, 0.25) is 0 Å². The second kappa shape index (κ2) is 11.7. The molecule has 0 saturated heterocycles. The molecule has 1 saturated carbocycles. The molecule has 1 aromatic carbocycles. The van der Waals surface area contributed by atoms with Crippen LogP contribution < -0.4 is 5.32 Å². The summed E-state index contributed by atoms with van der Waals surface area (Å²) in [5.74, 6) is 0.288. The number of fused-ring (bicyclic) bond motifs is 1. The van der Waals surface area contributed by atoms with Gasteiger partial charge < -0.3 is 15.2 Å². The number of nitrogens with zero attached hydrogens (tertiary/aromatic N) is 3. The molecule has 2 heterocycles. The first-order valence-electron chi connectivity index (χ1n) is 12.9. The second-order valence-electron chi connectivity index (χ2n) is 10.2. The quantitative estimate of drug-likeness (QED) is 0.455. The summed E-state index contributed by atoms with van der Waals surface area (Å²) in [6.45, 7) is 6.90. The number of rotatable bonds is 5. The molecule has 1 aliphatic carbocycles. The predicted molar refractivity (Wildman–Crippen MR) is 137 cm³/mol. The van der Waals surface area contributed by atoms with E-state index in [2.05, 4.69) is 59.8 Å². The molecule has 1 fully saturated rings. The lowest BCUT2D eigenvalue weighted by molar-refractivity contribution is -0.142. The molecule has 0 spiro atoms. The van der Waals surface area contributed by atoms with E-state index in [1.807, 2.05) is 23.9 Å². The van der Waals surface area contributed by atoms with Gasteiger partial charge in [0.1, 0.15) is 5.69 Å². The number of aliphatic hydroxyl groups is 1. The molecule has 0 amide bonds. The maximum absolute atomic E-state index is 12.1. The van der Waals surface area contributed by atoms with Crippen molar-refractivity contribution in [2.75, 3.05) is 5.32 Å².